The first-order valence-corrected chi connectivity index (χ1v) is 7.41. The highest BCUT2D eigenvalue weighted by molar-refractivity contribution is 5.71. The van der Waals surface area contributed by atoms with E-state index in [1.165, 1.54) is 5.56 Å². The lowest BCUT2D eigenvalue weighted by Crippen LogP contribution is -2.49. The van der Waals surface area contributed by atoms with Gasteiger partial charge in [0.05, 0.1) is 5.92 Å². The fourth-order valence-corrected chi connectivity index (χ4v) is 2.55. The van der Waals surface area contributed by atoms with Crippen LogP contribution >= 0.6 is 0 Å². The Balaban J connectivity index is 1.47. The minimum atomic E-state index is -0.694. The number of nitrogens with zero attached hydrogens (tertiary/aromatic N) is 1. The van der Waals surface area contributed by atoms with E-state index in [0.717, 1.165) is 17.9 Å². The van der Waals surface area contributed by atoms with E-state index in [9.17, 15) is 4.79 Å². The van der Waals surface area contributed by atoms with Crippen molar-refractivity contribution in [3.05, 3.63) is 65.7 Å². The van der Waals surface area contributed by atoms with Crippen LogP contribution in [-0.2, 0) is 17.9 Å². The fraction of sp³-hybridized carbons (Fsp3) is 0.278. The van der Waals surface area contributed by atoms with Gasteiger partial charge in [-0.3, -0.25) is 9.69 Å². The third-order valence-electron chi connectivity index (χ3n) is 3.88. The average Bonchev–Trinajstić information content (AvgIpc) is 2.50. The monoisotopic (exact) mass is 297 g/mol. The summed E-state index contributed by atoms with van der Waals surface area (Å²) < 4.78 is 5.75. The molecular weight excluding hydrogens is 278 g/mol. The summed E-state index contributed by atoms with van der Waals surface area (Å²) in [5, 5.41) is 8.86. The smallest absolute Gasteiger partial charge is 0.309 e. The van der Waals surface area contributed by atoms with Gasteiger partial charge in [-0.2, -0.15) is 0 Å². The molecule has 1 aliphatic heterocycles. The van der Waals surface area contributed by atoms with E-state index in [0.29, 0.717) is 19.7 Å². The van der Waals surface area contributed by atoms with Crippen LogP contribution < -0.4 is 4.74 Å². The number of ether oxygens (including phenoxy) is 1. The van der Waals surface area contributed by atoms with Crippen LogP contribution in [0.25, 0.3) is 0 Å². The van der Waals surface area contributed by atoms with Gasteiger partial charge in [-0.05, 0) is 23.3 Å². The van der Waals surface area contributed by atoms with E-state index in [-0.39, 0.29) is 5.92 Å². The van der Waals surface area contributed by atoms with Gasteiger partial charge in [0.2, 0.25) is 0 Å². The van der Waals surface area contributed by atoms with Crippen molar-refractivity contribution in [1.29, 1.82) is 0 Å². The lowest BCUT2D eigenvalue weighted by molar-refractivity contribution is -0.147. The summed E-state index contributed by atoms with van der Waals surface area (Å²) in [5.74, 6) is -0.0472. The van der Waals surface area contributed by atoms with Crippen LogP contribution in [0.15, 0.2) is 54.6 Å². The zero-order valence-corrected chi connectivity index (χ0v) is 12.3. The SMILES string of the molecule is O=C(O)C1CN(Cc2ccc(OCc3ccccc3)cc2)C1. The van der Waals surface area contributed by atoms with Gasteiger partial charge >= 0.3 is 5.97 Å². The summed E-state index contributed by atoms with van der Waals surface area (Å²) in [6.45, 7) is 2.64. The average molecular weight is 297 g/mol. The van der Waals surface area contributed by atoms with Crippen molar-refractivity contribution < 1.29 is 14.6 Å². The summed E-state index contributed by atoms with van der Waals surface area (Å²) in [6.07, 6.45) is 0. The van der Waals surface area contributed by atoms with Gasteiger partial charge < -0.3 is 9.84 Å². The molecule has 1 heterocycles. The Morgan fingerprint density at radius 2 is 1.73 bits per heavy atom. The van der Waals surface area contributed by atoms with E-state index < -0.39 is 5.97 Å². The number of likely N-dealkylation sites (tertiary alicyclic amines) is 1. The third-order valence-corrected chi connectivity index (χ3v) is 3.88. The van der Waals surface area contributed by atoms with Gasteiger partial charge in [-0.1, -0.05) is 42.5 Å². The van der Waals surface area contributed by atoms with Gasteiger partial charge in [-0.15, -0.1) is 0 Å². The highest BCUT2D eigenvalue weighted by Gasteiger charge is 2.31. The quantitative estimate of drug-likeness (QED) is 0.890. The van der Waals surface area contributed by atoms with Crippen molar-refractivity contribution in [3.63, 3.8) is 0 Å². The largest absolute Gasteiger partial charge is 0.489 e. The Labute approximate surface area is 130 Å². The Hall–Kier alpha value is -2.33. The molecule has 0 aliphatic carbocycles. The number of carbonyl (C=O) groups is 1. The number of rotatable bonds is 6. The molecule has 0 amide bonds. The van der Waals surface area contributed by atoms with Crippen molar-refractivity contribution in [2.75, 3.05) is 13.1 Å². The molecule has 0 spiro atoms. The molecule has 1 saturated heterocycles. The van der Waals surface area contributed by atoms with E-state index in [2.05, 4.69) is 4.90 Å². The first-order chi connectivity index (χ1) is 10.7. The van der Waals surface area contributed by atoms with Crippen LogP contribution in [0.3, 0.4) is 0 Å². The second kappa shape index (κ2) is 6.62. The molecule has 0 radical (unpaired) electrons. The molecule has 0 aromatic heterocycles. The predicted molar refractivity (Wildman–Crippen MR) is 83.6 cm³/mol. The fourth-order valence-electron chi connectivity index (χ4n) is 2.55. The summed E-state index contributed by atoms with van der Waals surface area (Å²) in [5.41, 5.74) is 2.32. The molecule has 0 saturated carbocycles. The predicted octanol–water partition coefficient (Wildman–Crippen LogP) is 2.78. The van der Waals surface area contributed by atoms with Gasteiger partial charge in [-0.25, -0.2) is 0 Å². The molecule has 1 fully saturated rings. The lowest BCUT2D eigenvalue weighted by Gasteiger charge is -2.36. The molecule has 0 unspecified atom stereocenters. The summed E-state index contributed by atoms with van der Waals surface area (Å²) >= 11 is 0. The zero-order chi connectivity index (χ0) is 15.4. The molecule has 0 atom stereocenters. The van der Waals surface area contributed by atoms with Crippen molar-refractivity contribution in [2.24, 2.45) is 5.92 Å². The molecule has 1 aliphatic rings. The van der Waals surface area contributed by atoms with Crippen molar-refractivity contribution in [1.82, 2.24) is 4.90 Å². The van der Waals surface area contributed by atoms with Crippen LogP contribution in [-0.4, -0.2) is 29.1 Å². The maximum atomic E-state index is 10.8. The zero-order valence-electron chi connectivity index (χ0n) is 12.3. The van der Waals surface area contributed by atoms with Gasteiger partial charge in [0.1, 0.15) is 12.4 Å². The standard InChI is InChI=1S/C18H19NO3/c20-18(21)16-11-19(12-16)10-14-6-8-17(9-7-14)22-13-15-4-2-1-3-5-15/h1-9,16H,10-13H2,(H,20,21). The molecule has 1 N–H and O–H groups in total. The summed E-state index contributed by atoms with van der Waals surface area (Å²) in [7, 11) is 0. The molecule has 22 heavy (non-hydrogen) atoms. The molecule has 114 valence electrons. The first-order valence-electron chi connectivity index (χ1n) is 7.41. The van der Waals surface area contributed by atoms with Crippen LogP contribution in [0.5, 0.6) is 5.75 Å². The van der Waals surface area contributed by atoms with Crippen LogP contribution in [0, 0.1) is 5.92 Å². The highest BCUT2D eigenvalue weighted by Crippen LogP contribution is 2.20. The van der Waals surface area contributed by atoms with Crippen molar-refractivity contribution >= 4 is 5.97 Å². The second-order valence-corrected chi connectivity index (χ2v) is 5.65. The van der Waals surface area contributed by atoms with E-state index in [4.69, 9.17) is 9.84 Å². The molecule has 3 rings (SSSR count). The number of benzene rings is 2. The summed E-state index contributed by atoms with van der Waals surface area (Å²) in [6, 6.07) is 18.1. The van der Waals surface area contributed by atoms with Gasteiger partial charge in [0, 0.05) is 19.6 Å². The van der Waals surface area contributed by atoms with Gasteiger partial charge in [0.15, 0.2) is 0 Å². The molecule has 4 nitrogen and oxygen atoms in total. The Morgan fingerprint density at radius 3 is 2.36 bits per heavy atom. The molecule has 2 aromatic rings. The Morgan fingerprint density at radius 1 is 1.05 bits per heavy atom. The normalized spacial score (nSPS) is 15.3. The first kappa shape index (κ1) is 14.6. The number of hydrogen-bond donors (Lipinski definition) is 1. The van der Waals surface area contributed by atoms with Crippen molar-refractivity contribution in [2.45, 2.75) is 13.2 Å². The van der Waals surface area contributed by atoms with Crippen molar-refractivity contribution in [3.8, 4) is 5.75 Å². The number of hydrogen-bond acceptors (Lipinski definition) is 3. The van der Waals surface area contributed by atoms with Crippen LogP contribution in [0.1, 0.15) is 11.1 Å². The number of carboxylic acids is 1. The topological polar surface area (TPSA) is 49.8 Å². The number of carboxylic acid groups (broad SMARTS) is 1. The van der Waals surface area contributed by atoms with Gasteiger partial charge in [0.25, 0.3) is 0 Å². The Bertz CT molecular complexity index is 619. The molecule has 2 aromatic carbocycles. The third kappa shape index (κ3) is 3.65. The van der Waals surface area contributed by atoms with Crippen LogP contribution in [0.4, 0.5) is 0 Å². The maximum Gasteiger partial charge on any atom is 0.309 e. The number of aliphatic carboxylic acids is 1. The van der Waals surface area contributed by atoms with Crippen LogP contribution in [0.2, 0.25) is 0 Å². The minimum Gasteiger partial charge on any atom is -0.489 e. The molecule has 4 heteroatoms. The minimum absolute atomic E-state index is 0.200. The maximum absolute atomic E-state index is 10.8. The molecule has 0 bridgehead atoms. The second-order valence-electron chi connectivity index (χ2n) is 5.65. The lowest BCUT2D eigenvalue weighted by atomic mass is 10.00. The highest BCUT2D eigenvalue weighted by atomic mass is 16.5. The van der Waals surface area contributed by atoms with E-state index >= 15 is 0 Å². The Kier molecular flexibility index (Phi) is 4.39. The summed E-state index contributed by atoms with van der Waals surface area (Å²) in [4.78, 5) is 12.9. The van der Waals surface area contributed by atoms with E-state index in [1.54, 1.807) is 0 Å². The molecular formula is C18H19NO3. The van der Waals surface area contributed by atoms with E-state index in [1.807, 2.05) is 54.6 Å².